The quantitative estimate of drug-likeness (QED) is 0.881. The Morgan fingerprint density at radius 1 is 1.26 bits per heavy atom. The van der Waals surface area contributed by atoms with Gasteiger partial charge in [-0.3, -0.25) is 4.79 Å². The van der Waals surface area contributed by atoms with Gasteiger partial charge in [0.15, 0.2) is 0 Å². The number of aromatic nitrogens is 2. The van der Waals surface area contributed by atoms with Crippen LogP contribution in [0, 0.1) is 6.92 Å². The number of amides is 1. The molecule has 2 aromatic rings. The Bertz CT molecular complexity index is 566. The molecule has 2 heterocycles. The minimum absolute atomic E-state index is 0.263. The summed E-state index contributed by atoms with van der Waals surface area (Å²) in [5.74, 6) is 0.267. The smallest absolute Gasteiger partial charge is 0.275 e. The Balaban J connectivity index is 2.07. The molecule has 0 saturated carbocycles. The fourth-order valence-electron chi connectivity index (χ4n) is 1.62. The lowest BCUT2D eigenvalue weighted by Crippen LogP contribution is -2.14. The average Bonchev–Trinajstić information content (AvgIpc) is 2.40. The van der Waals surface area contributed by atoms with E-state index >= 15 is 0 Å². The minimum Gasteiger partial charge on any atom is -0.384 e. The zero-order chi connectivity index (χ0) is 13.7. The van der Waals surface area contributed by atoms with Crippen LogP contribution in [-0.2, 0) is 0 Å². The summed E-state index contributed by atoms with van der Waals surface area (Å²) < 4.78 is 0. The fraction of sp³-hybridized carbons (Fsp3) is 0.214. The number of nitrogens with zero attached hydrogens (tertiary/aromatic N) is 2. The first kappa shape index (κ1) is 13.0. The maximum Gasteiger partial charge on any atom is 0.275 e. The molecule has 19 heavy (non-hydrogen) atoms. The van der Waals surface area contributed by atoms with Crippen molar-refractivity contribution in [3.05, 3.63) is 47.9 Å². The molecule has 0 unspecified atom stereocenters. The molecule has 0 aliphatic rings. The molecule has 5 heteroatoms. The van der Waals surface area contributed by atoms with Gasteiger partial charge in [-0.2, -0.15) is 0 Å². The largest absolute Gasteiger partial charge is 0.384 e. The molecular weight excluding hydrogens is 240 g/mol. The second-order valence-corrected chi connectivity index (χ2v) is 4.14. The van der Waals surface area contributed by atoms with E-state index in [1.165, 1.54) is 0 Å². The Hall–Kier alpha value is -2.43. The molecule has 0 aliphatic carbocycles. The summed E-state index contributed by atoms with van der Waals surface area (Å²) in [6.45, 7) is 4.77. The van der Waals surface area contributed by atoms with E-state index in [0.717, 1.165) is 17.8 Å². The zero-order valence-electron chi connectivity index (χ0n) is 11.0. The Morgan fingerprint density at radius 3 is 2.74 bits per heavy atom. The second-order valence-electron chi connectivity index (χ2n) is 4.14. The van der Waals surface area contributed by atoms with Crippen molar-refractivity contribution in [3.63, 3.8) is 0 Å². The highest BCUT2D eigenvalue weighted by molar-refractivity contribution is 6.02. The number of hydrogen-bond donors (Lipinski definition) is 2. The lowest BCUT2D eigenvalue weighted by molar-refractivity contribution is 0.102. The summed E-state index contributed by atoms with van der Waals surface area (Å²) in [5.41, 5.74) is 2.30. The predicted molar refractivity (Wildman–Crippen MR) is 75.3 cm³/mol. The number of hydrogen-bond acceptors (Lipinski definition) is 4. The highest BCUT2D eigenvalue weighted by atomic mass is 16.1. The van der Waals surface area contributed by atoms with Crippen LogP contribution in [0.5, 0.6) is 0 Å². The summed E-state index contributed by atoms with van der Waals surface area (Å²) in [7, 11) is 0. The molecule has 0 bridgehead atoms. The maximum absolute atomic E-state index is 12.0. The minimum atomic E-state index is -0.263. The van der Waals surface area contributed by atoms with Crippen molar-refractivity contribution >= 4 is 17.4 Å². The average molecular weight is 256 g/mol. The monoisotopic (exact) mass is 256 g/mol. The molecule has 0 radical (unpaired) electrons. The molecule has 0 fully saturated rings. The third-order valence-corrected chi connectivity index (χ3v) is 2.53. The van der Waals surface area contributed by atoms with Crippen LogP contribution < -0.4 is 10.6 Å². The van der Waals surface area contributed by atoms with Crippen molar-refractivity contribution < 1.29 is 4.79 Å². The van der Waals surface area contributed by atoms with Crippen LogP contribution in [0.1, 0.15) is 23.0 Å². The second kappa shape index (κ2) is 5.95. The summed E-state index contributed by atoms with van der Waals surface area (Å²) >= 11 is 0. The van der Waals surface area contributed by atoms with E-state index in [-0.39, 0.29) is 5.91 Å². The first-order valence-electron chi connectivity index (χ1n) is 6.13. The number of carbonyl (C=O) groups is 1. The van der Waals surface area contributed by atoms with Gasteiger partial charge in [-0.05, 0) is 43.7 Å². The van der Waals surface area contributed by atoms with Gasteiger partial charge in [-0.1, -0.05) is 0 Å². The Kier molecular flexibility index (Phi) is 4.07. The van der Waals surface area contributed by atoms with Gasteiger partial charge in [0.05, 0.1) is 11.9 Å². The number of rotatable bonds is 4. The lowest BCUT2D eigenvalue weighted by atomic mass is 10.3. The van der Waals surface area contributed by atoms with Gasteiger partial charge in [0.25, 0.3) is 5.91 Å². The molecule has 5 nitrogen and oxygen atoms in total. The highest BCUT2D eigenvalue weighted by Gasteiger charge is 2.08. The van der Waals surface area contributed by atoms with Gasteiger partial charge in [0.2, 0.25) is 0 Å². The third-order valence-electron chi connectivity index (χ3n) is 2.53. The Labute approximate surface area is 112 Å². The SMILES string of the molecule is CCNc1ccc(C(=O)Nc2cc(C)ccn2)nc1. The van der Waals surface area contributed by atoms with Crippen LogP contribution in [0.2, 0.25) is 0 Å². The van der Waals surface area contributed by atoms with Crippen molar-refractivity contribution in [2.24, 2.45) is 0 Å². The summed E-state index contributed by atoms with van der Waals surface area (Å²) in [5, 5.41) is 5.84. The van der Waals surface area contributed by atoms with E-state index in [9.17, 15) is 4.79 Å². The van der Waals surface area contributed by atoms with Gasteiger partial charge in [-0.25, -0.2) is 9.97 Å². The van der Waals surface area contributed by atoms with Crippen molar-refractivity contribution in [2.45, 2.75) is 13.8 Å². The standard InChI is InChI=1S/C14H16N4O/c1-3-15-11-4-5-12(17-9-11)14(19)18-13-8-10(2)6-7-16-13/h4-9,15H,3H2,1-2H3,(H,16,18,19). The van der Waals surface area contributed by atoms with Gasteiger partial charge in [0, 0.05) is 12.7 Å². The number of pyridine rings is 2. The lowest BCUT2D eigenvalue weighted by Gasteiger charge is -2.06. The van der Waals surface area contributed by atoms with Crippen molar-refractivity contribution in [1.82, 2.24) is 9.97 Å². The van der Waals surface area contributed by atoms with Crippen LogP contribution in [0.4, 0.5) is 11.5 Å². The molecule has 0 aromatic carbocycles. The van der Waals surface area contributed by atoms with E-state index in [1.54, 1.807) is 18.5 Å². The van der Waals surface area contributed by atoms with Crippen LogP contribution in [0.3, 0.4) is 0 Å². The van der Waals surface area contributed by atoms with Crippen molar-refractivity contribution in [1.29, 1.82) is 0 Å². The normalized spacial score (nSPS) is 10.0. The van der Waals surface area contributed by atoms with Crippen LogP contribution in [-0.4, -0.2) is 22.4 Å². The van der Waals surface area contributed by atoms with Crippen LogP contribution in [0.25, 0.3) is 0 Å². The summed E-state index contributed by atoms with van der Waals surface area (Å²) in [4.78, 5) is 20.2. The van der Waals surface area contributed by atoms with Gasteiger partial charge >= 0.3 is 0 Å². The first-order chi connectivity index (χ1) is 9.19. The van der Waals surface area contributed by atoms with Gasteiger partial charge in [-0.15, -0.1) is 0 Å². The number of aryl methyl sites for hydroxylation is 1. The zero-order valence-corrected chi connectivity index (χ0v) is 11.0. The highest BCUT2D eigenvalue weighted by Crippen LogP contribution is 2.09. The van der Waals surface area contributed by atoms with Gasteiger partial charge in [0.1, 0.15) is 11.5 Å². The van der Waals surface area contributed by atoms with E-state index in [0.29, 0.717) is 11.5 Å². The van der Waals surface area contributed by atoms with E-state index in [1.807, 2.05) is 32.0 Å². The molecule has 2 rings (SSSR count). The Morgan fingerprint density at radius 2 is 2.11 bits per heavy atom. The molecule has 1 amide bonds. The first-order valence-corrected chi connectivity index (χ1v) is 6.13. The summed E-state index contributed by atoms with van der Waals surface area (Å²) in [6.07, 6.45) is 3.30. The van der Waals surface area contributed by atoms with Crippen LogP contribution in [0.15, 0.2) is 36.7 Å². The maximum atomic E-state index is 12.0. The molecule has 0 atom stereocenters. The van der Waals surface area contributed by atoms with E-state index in [4.69, 9.17) is 0 Å². The molecule has 0 saturated heterocycles. The van der Waals surface area contributed by atoms with Crippen LogP contribution >= 0.6 is 0 Å². The molecule has 2 N–H and O–H groups in total. The molecule has 2 aromatic heterocycles. The summed E-state index contributed by atoms with van der Waals surface area (Å²) in [6, 6.07) is 7.20. The number of nitrogens with one attached hydrogen (secondary N) is 2. The molecule has 0 aliphatic heterocycles. The number of carbonyl (C=O) groups excluding carboxylic acids is 1. The molecular formula is C14H16N4O. The third kappa shape index (κ3) is 3.51. The topological polar surface area (TPSA) is 66.9 Å². The molecule has 0 spiro atoms. The van der Waals surface area contributed by atoms with Crippen molar-refractivity contribution in [2.75, 3.05) is 17.2 Å². The predicted octanol–water partition coefficient (Wildman–Crippen LogP) is 2.47. The fourth-order valence-corrected chi connectivity index (χ4v) is 1.62. The van der Waals surface area contributed by atoms with E-state index in [2.05, 4.69) is 20.6 Å². The van der Waals surface area contributed by atoms with Gasteiger partial charge < -0.3 is 10.6 Å². The number of anilines is 2. The van der Waals surface area contributed by atoms with E-state index < -0.39 is 0 Å². The molecule has 98 valence electrons. The van der Waals surface area contributed by atoms with Crippen molar-refractivity contribution in [3.8, 4) is 0 Å².